The van der Waals surface area contributed by atoms with Gasteiger partial charge in [0.2, 0.25) is 0 Å². The highest BCUT2D eigenvalue weighted by atomic mass is 16.2. The lowest BCUT2D eigenvalue weighted by atomic mass is 10.1. The molecule has 7 heteroatoms. The molecule has 0 spiro atoms. The second-order valence-electron chi connectivity index (χ2n) is 6.28. The van der Waals surface area contributed by atoms with Crippen LogP contribution in [0.15, 0.2) is 36.5 Å². The highest BCUT2D eigenvalue weighted by molar-refractivity contribution is 5.98. The second kappa shape index (κ2) is 6.88. The summed E-state index contributed by atoms with van der Waals surface area (Å²) < 4.78 is 0. The minimum atomic E-state index is -0.182. The summed E-state index contributed by atoms with van der Waals surface area (Å²) in [6, 6.07) is 9.39. The van der Waals surface area contributed by atoms with Gasteiger partial charge in [0.05, 0.1) is 5.69 Å². The zero-order chi connectivity index (χ0) is 18.0. The molecule has 1 aromatic carbocycles. The molecule has 2 heterocycles. The third kappa shape index (κ3) is 3.76. The molecule has 1 N–H and O–H groups in total. The molecule has 2 amide bonds. The van der Waals surface area contributed by atoms with Gasteiger partial charge in [-0.15, -0.1) is 0 Å². The van der Waals surface area contributed by atoms with Gasteiger partial charge in [-0.2, -0.15) is 15.0 Å². The zero-order valence-electron chi connectivity index (χ0n) is 14.9. The predicted octanol–water partition coefficient (Wildman–Crippen LogP) is 2.77. The van der Waals surface area contributed by atoms with Crippen LogP contribution in [0.4, 0.5) is 10.5 Å². The average molecular weight is 338 g/mol. The van der Waals surface area contributed by atoms with Crippen LogP contribution in [-0.4, -0.2) is 44.0 Å². The first-order valence-electron chi connectivity index (χ1n) is 8.19. The molecule has 0 saturated carbocycles. The fourth-order valence-electron chi connectivity index (χ4n) is 2.69. The Morgan fingerprint density at radius 1 is 1.32 bits per heavy atom. The van der Waals surface area contributed by atoms with Crippen molar-refractivity contribution in [3.8, 4) is 0 Å². The van der Waals surface area contributed by atoms with Crippen LogP contribution in [0.25, 0.3) is 11.0 Å². The lowest BCUT2D eigenvalue weighted by Gasteiger charge is -2.25. The predicted molar refractivity (Wildman–Crippen MR) is 97.4 cm³/mol. The first-order valence-corrected chi connectivity index (χ1v) is 8.19. The van der Waals surface area contributed by atoms with E-state index in [1.54, 1.807) is 25.2 Å². The number of nitrogens with zero attached hydrogens (tertiary/aromatic N) is 5. The largest absolute Gasteiger partial charge is 0.324 e. The Balaban J connectivity index is 1.71. The van der Waals surface area contributed by atoms with E-state index in [0.29, 0.717) is 17.6 Å². The fourth-order valence-corrected chi connectivity index (χ4v) is 2.69. The molecule has 2 aromatic heterocycles. The molecule has 0 unspecified atom stereocenters. The third-order valence-electron chi connectivity index (χ3n) is 4.21. The number of benzene rings is 1. The third-order valence-corrected chi connectivity index (χ3v) is 4.21. The van der Waals surface area contributed by atoms with Gasteiger partial charge >= 0.3 is 6.03 Å². The van der Waals surface area contributed by atoms with E-state index >= 15 is 0 Å². The van der Waals surface area contributed by atoms with Crippen molar-refractivity contribution in [3.05, 3.63) is 47.8 Å². The molecule has 0 radical (unpaired) electrons. The summed E-state index contributed by atoms with van der Waals surface area (Å²) in [7, 11) is 3.54. The number of amides is 2. The number of nitrogens with one attached hydrogen (secondary N) is 1. The zero-order valence-corrected chi connectivity index (χ0v) is 14.9. The Morgan fingerprint density at radius 2 is 2.12 bits per heavy atom. The summed E-state index contributed by atoms with van der Waals surface area (Å²) in [4.78, 5) is 20.1. The number of urea groups is 1. The Bertz CT molecular complexity index is 903. The van der Waals surface area contributed by atoms with Gasteiger partial charge in [-0.25, -0.2) is 4.79 Å². The summed E-state index contributed by atoms with van der Waals surface area (Å²) >= 11 is 0. The summed E-state index contributed by atoms with van der Waals surface area (Å²) in [5.74, 6) is 0. The first-order chi connectivity index (χ1) is 11.9. The van der Waals surface area contributed by atoms with Gasteiger partial charge in [-0.05, 0) is 43.7 Å². The van der Waals surface area contributed by atoms with Crippen molar-refractivity contribution in [1.82, 2.24) is 24.9 Å². The molecule has 3 aromatic rings. The van der Waals surface area contributed by atoms with E-state index in [4.69, 9.17) is 0 Å². The van der Waals surface area contributed by atoms with E-state index in [1.807, 2.05) is 44.2 Å². The SMILES string of the molecule is Cc1ccnc(C[C@@H](C)N(C)C(=O)Nc2cccc3nn(C)nc23)c1. The summed E-state index contributed by atoms with van der Waals surface area (Å²) in [6.45, 7) is 4.04. The Labute approximate surface area is 146 Å². The number of likely N-dealkylation sites (N-methyl/N-ethyl adjacent to an activating group) is 1. The molecule has 1 atom stereocenters. The molecule has 7 nitrogen and oxygen atoms in total. The maximum absolute atomic E-state index is 12.6. The van der Waals surface area contributed by atoms with Gasteiger partial charge in [0, 0.05) is 38.4 Å². The summed E-state index contributed by atoms with van der Waals surface area (Å²) in [5.41, 5.74) is 4.23. The smallest absolute Gasteiger partial charge is 0.321 e. The molecule has 0 saturated heterocycles. The van der Waals surface area contributed by atoms with Crippen molar-refractivity contribution in [2.45, 2.75) is 26.3 Å². The number of hydrogen-bond donors (Lipinski definition) is 1. The number of aryl methyl sites for hydroxylation is 2. The van der Waals surface area contributed by atoms with Crippen molar-refractivity contribution < 1.29 is 4.79 Å². The fraction of sp³-hybridized carbons (Fsp3) is 0.333. The number of aromatic nitrogens is 4. The first kappa shape index (κ1) is 16.9. The minimum absolute atomic E-state index is 0.00959. The van der Waals surface area contributed by atoms with Gasteiger partial charge in [-0.3, -0.25) is 4.98 Å². The molecule has 0 aliphatic heterocycles. The van der Waals surface area contributed by atoms with Crippen LogP contribution < -0.4 is 5.32 Å². The number of carbonyl (C=O) groups is 1. The van der Waals surface area contributed by atoms with Crippen LogP contribution >= 0.6 is 0 Å². The normalized spacial score (nSPS) is 12.2. The van der Waals surface area contributed by atoms with Crippen LogP contribution in [0, 0.1) is 6.92 Å². The summed E-state index contributed by atoms with van der Waals surface area (Å²) in [6.07, 6.45) is 2.49. The van der Waals surface area contributed by atoms with E-state index in [2.05, 4.69) is 20.5 Å². The minimum Gasteiger partial charge on any atom is -0.324 e. The van der Waals surface area contributed by atoms with Crippen molar-refractivity contribution in [2.24, 2.45) is 7.05 Å². The van der Waals surface area contributed by atoms with Crippen LogP contribution in [0.1, 0.15) is 18.2 Å². The number of carbonyl (C=O) groups excluding carboxylic acids is 1. The van der Waals surface area contributed by atoms with Crippen LogP contribution in [-0.2, 0) is 13.5 Å². The van der Waals surface area contributed by atoms with Crippen molar-refractivity contribution in [3.63, 3.8) is 0 Å². The lowest BCUT2D eigenvalue weighted by Crippen LogP contribution is -2.39. The maximum Gasteiger partial charge on any atom is 0.321 e. The Morgan fingerprint density at radius 3 is 2.88 bits per heavy atom. The van der Waals surface area contributed by atoms with Gasteiger partial charge in [-0.1, -0.05) is 6.07 Å². The number of fused-ring (bicyclic) bond motifs is 1. The van der Waals surface area contributed by atoms with Crippen LogP contribution in [0.5, 0.6) is 0 Å². The van der Waals surface area contributed by atoms with Gasteiger partial charge in [0.1, 0.15) is 11.0 Å². The maximum atomic E-state index is 12.6. The molecule has 25 heavy (non-hydrogen) atoms. The highest BCUT2D eigenvalue weighted by Crippen LogP contribution is 2.20. The summed E-state index contributed by atoms with van der Waals surface area (Å²) in [5, 5.41) is 11.5. The molecular weight excluding hydrogens is 316 g/mol. The number of pyridine rings is 1. The highest BCUT2D eigenvalue weighted by Gasteiger charge is 2.18. The second-order valence-corrected chi connectivity index (χ2v) is 6.28. The van der Waals surface area contributed by atoms with Gasteiger partial charge in [0.25, 0.3) is 0 Å². The molecule has 0 aliphatic carbocycles. The molecule has 0 bridgehead atoms. The number of anilines is 1. The van der Waals surface area contributed by atoms with Crippen molar-refractivity contribution in [2.75, 3.05) is 12.4 Å². The lowest BCUT2D eigenvalue weighted by molar-refractivity contribution is 0.207. The average Bonchev–Trinajstić information content (AvgIpc) is 2.95. The van der Waals surface area contributed by atoms with E-state index in [9.17, 15) is 4.79 Å². The van der Waals surface area contributed by atoms with Crippen molar-refractivity contribution >= 4 is 22.8 Å². The number of rotatable bonds is 4. The topological polar surface area (TPSA) is 75.9 Å². The quantitative estimate of drug-likeness (QED) is 0.793. The molecule has 0 aliphatic rings. The van der Waals surface area contributed by atoms with E-state index < -0.39 is 0 Å². The Hall–Kier alpha value is -2.96. The van der Waals surface area contributed by atoms with E-state index in [0.717, 1.165) is 11.2 Å². The van der Waals surface area contributed by atoms with Crippen LogP contribution in [0.3, 0.4) is 0 Å². The standard InChI is InChI=1S/C18H22N6O/c1-12-8-9-19-14(10-12)11-13(2)23(3)18(25)20-15-6-5-7-16-17(15)22-24(4)21-16/h5-10,13H,11H2,1-4H3,(H,20,25)/t13-/m1/s1. The monoisotopic (exact) mass is 338 g/mol. The van der Waals surface area contributed by atoms with Crippen LogP contribution in [0.2, 0.25) is 0 Å². The number of hydrogen-bond acceptors (Lipinski definition) is 4. The molecular formula is C18H22N6O. The molecule has 130 valence electrons. The van der Waals surface area contributed by atoms with Gasteiger partial charge in [0.15, 0.2) is 0 Å². The van der Waals surface area contributed by atoms with Gasteiger partial charge < -0.3 is 10.2 Å². The molecule has 0 fully saturated rings. The van der Waals surface area contributed by atoms with Crippen molar-refractivity contribution in [1.29, 1.82) is 0 Å². The van der Waals surface area contributed by atoms with E-state index in [-0.39, 0.29) is 12.1 Å². The molecule has 3 rings (SSSR count). The van der Waals surface area contributed by atoms with E-state index in [1.165, 1.54) is 10.4 Å². The Kier molecular flexibility index (Phi) is 4.65.